The Morgan fingerprint density at radius 2 is 1.74 bits per heavy atom. The lowest BCUT2D eigenvalue weighted by Crippen LogP contribution is -2.23. The lowest BCUT2D eigenvalue weighted by molar-refractivity contribution is 0.174. The van der Waals surface area contributed by atoms with Crippen molar-refractivity contribution in [1.82, 2.24) is 9.62 Å². The van der Waals surface area contributed by atoms with Gasteiger partial charge in [-0.3, -0.25) is 0 Å². The van der Waals surface area contributed by atoms with E-state index in [2.05, 4.69) is 85.0 Å². The van der Waals surface area contributed by atoms with Crippen LogP contribution in [0.1, 0.15) is 51.2 Å². The number of hydrogen-bond acceptors (Lipinski definition) is 5. The van der Waals surface area contributed by atoms with Crippen LogP contribution in [0.2, 0.25) is 0 Å². The third kappa shape index (κ3) is 6.68. The molecule has 0 radical (unpaired) electrons. The van der Waals surface area contributed by atoms with E-state index in [1.165, 1.54) is 39.6 Å². The second kappa shape index (κ2) is 12.5. The van der Waals surface area contributed by atoms with Crippen molar-refractivity contribution in [3.63, 3.8) is 0 Å². The molecule has 4 rings (SSSR count). The molecular formula is C29H38N2O2S. The fraction of sp³-hybridized carbons (Fsp3) is 0.448. The van der Waals surface area contributed by atoms with Crippen molar-refractivity contribution in [2.45, 2.75) is 57.9 Å². The molecule has 1 heterocycles. The zero-order valence-electron chi connectivity index (χ0n) is 20.8. The summed E-state index contributed by atoms with van der Waals surface area (Å²) in [5.41, 5.74) is 2.72. The predicted octanol–water partition coefficient (Wildman–Crippen LogP) is 7.06. The molecule has 34 heavy (non-hydrogen) atoms. The van der Waals surface area contributed by atoms with Gasteiger partial charge in [-0.1, -0.05) is 57.5 Å². The van der Waals surface area contributed by atoms with E-state index in [-0.39, 0.29) is 0 Å². The summed E-state index contributed by atoms with van der Waals surface area (Å²) < 4.78 is 13.9. The third-order valence-corrected chi connectivity index (χ3v) is 7.33. The van der Waals surface area contributed by atoms with E-state index in [0.717, 1.165) is 50.5 Å². The molecule has 0 bridgehead atoms. The number of nitrogens with zero attached hydrogens (tertiary/aromatic N) is 1. The topological polar surface area (TPSA) is 33.7 Å². The van der Waals surface area contributed by atoms with Crippen LogP contribution in [0.3, 0.4) is 0 Å². The number of ether oxygens (including phenoxy) is 2. The molecule has 182 valence electrons. The van der Waals surface area contributed by atoms with Gasteiger partial charge < -0.3 is 14.8 Å². The Balaban J connectivity index is 1.54. The maximum absolute atomic E-state index is 5.72. The van der Waals surface area contributed by atoms with Crippen molar-refractivity contribution in [1.29, 1.82) is 0 Å². The van der Waals surface area contributed by atoms with E-state index in [4.69, 9.17) is 9.47 Å². The molecule has 0 fully saturated rings. The molecule has 0 saturated heterocycles. The summed E-state index contributed by atoms with van der Waals surface area (Å²) in [4.78, 5) is 1.29. The van der Waals surface area contributed by atoms with Crippen LogP contribution in [0.15, 0.2) is 59.5 Å². The van der Waals surface area contributed by atoms with Gasteiger partial charge >= 0.3 is 0 Å². The molecule has 4 nitrogen and oxygen atoms in total. The highest BCUT2D eigenvalue weighted by molar-refractivity contribution is 7.97. The normalized spacial score (nSPS) is 13.6. The Morgan fingerprint density at radius 3 is 2.50 bits per heavy atom. The number of rotatable bonds is 13. The van der Waals surface area contributed by atoms with Crippen molar-refractivity contribution in [3.05, 3.63) is 65.7 Å². The van der Waals surface area contributed by atoms with E-state index in [0.29, 0.717) is 12.7 Å². The molecule has 0 saturated carbocycles. The number of aryl methyl sites for hydroxylation is 1. The number of hydrogen-bond donors (Lipinski definition) is 1. The van der Waals surface area contributed by atoms with Gasteiger partial charge in [0.1, 0.15) is 0 Å². The first-order chi connectivity index (χ1) is 16.7. The van der Waals surface area contributed by atoms with Crippen LogP contribution in [0.5, 0.6) is 11.5 Å². The monoisotopic (exact) mass is 478 g/mol. The lowest BCUT2D eigenvalue weighted by atomic mass is 10.0. The Bertz CT molecular complexity index is 1070. The highest BCUT2D eigenvalue weighted by Gasteiger charge is 2.20. The molecule has 0 aromatic heterocycles. The predicted molar refractivity (Wildman–Crippen MR) is 144 cm³/mol. The maximum atomic E-state index is 5.72. The van der Waals surface area contributed by atoms with Gasteiger partial charge in [0.25, 0.3) is 0 Å². The Hall–Kier alpha value is -2.21. The van der Waals surface area contributed by atoms with Gasteiger partial charge in [0.05, 0.1) is 0 Å². The third-order valence-electron chi connectivity index (χ3n) is 6.33. The smallest absolute Gasteiger partial charge is 0.231 e. The van der Waals surface area contributed by atoms with Gasteiger partial charge in [0.2, 0.25) is 6.79 Å². The highest BCUT2D eigenvalue weighted by atomic mass is 32.2. The second-order valence-corrected chi connectivity index (χ2v) is 10.4. The van der Waals surface area contributed by atoms with Crippen molar-refractivity contribution in [3.8, 4) is 11.5 Å². The average Bonchev–Trinajstić information content (AvgIpc) is 3.29. The first-order valence-electron chi connectivity index (χ1n) is 12.7. The summed E-state index contributed by atoms with van der Waals surface area (Å²) in [6.07, 6.45) is 4.61. The molecular weight excluding hydrogens is 440 g/mol. The summed E-state index contributed by atoms with van der Waals surface area (Å²) in [6, 6.07) is 19.8. The van der Waals surface area contributed by atoms with Gasteiger partial charge in [-0.15, -0.1) is 0 Å². The van der Waals surface area contributed by atoms with Crippen molar-refractivity contribution >= 4 is 22.7 Å². The van der Waals surface area contributed by atoms with Crippen LogP contribution in [0.4, 0.5) is 0 Å². The van der Waals surface area contributed by atoms with E-state index >= 15 is 0 Å². The Labute approximate surface area is 209 Å². The molecule has 1 unspecified atom stereocenters. The summed E-state index contributed by atoms with van der Waals surface area (Å²) >= 11 is 1.88. The number of benzene rings is 3. The van der Waals surface area contributed by atoms with E-state index in [9.17, 15) is 0 Å². The zero-order chi connectivity index (χ0) is 23.8. The van der Waals surface area contributed by atoms with Gasteiger partial charge in [-0.25, -0.2) is 4.31 Å². The minimum absolute atomic E-state index is 0.322. The first kappa shape index (κ1) is 24.9. The minimum atomic E-state index is 0.322. The lowest BCUT2D eigenvalue weighted by Gasteiger charge is -2.26. The van der Waals surface area contributed by atoms with Crippen LogP contribution in [0.25, 0.3) is 10.8 Å². The standard InChI is InChI=1S/C29H38N2O2S/c1-4-9-24-17-28-29(33-21-32-28)18-26(24)20-31(19-22(3)10-8-15-30-5-2)34-27-14-13-23-11-6-7-12-25(23)16-27/h6-7,11-14,16-18,22,30H,4-5,8-10,15,19-21H2,1-3H3. The van der Waals surface area contributed by atoms with Gasteiger partial charge in [-0.2, -0.15) is 0 Å². The summed E-state index contributed by atoms with van der Waals surface area (Å²) in [5.74, 6) is 2.39. The minimum Gasteiger partial charge on any atom is -0.454 e. The van der Waals surface area contributed by atoms with Gasteiger partial charge in [0.15, 0.2) is 11.5 Å². The molecule has 1 aliphatic heterocycles. The number of nitrogens with one attached hydrogen (secondary N) is 1. The molecule has 1 aliphatic rings. The maximum Gasteiger partial charge on any atom is 0.231 e. The largest absolute Gasteiger partial charge is 0.454 e. The fourth-order valence-corrected chi connectivity index (χ4v) is 5.70. The zero-order valence-corrected chi connectivity index (χ0v) is 21.6. The Kier molecular flexibility index (Phi) is 9.14. The van der Waals surface area contributed by atoms with Crippen LogP contribution >= 0.6 is 11.9 Å². The van der Waals surface area contributed by atoms with Gasteiger partial charge in [0, 0.05) is 18.0 Å². The number of fused-ring (bicyclic) bond motifs is 2. The molecule has 3 aromatic rings. The molecule has 0 spiro atoms. The average molecular weight is 479 g/mol. The summed E-state index contributed by atoms with van der Waals surface area (Å²) in [6.45, 7) is 11.2. The van der Waals surface area contributed by atoms with Crippen molar-refractivity contribution in [2.24, 2.45) is 5.92 Å². The van der Waals surface area contributed by atoms with Crippen LogP contribution < -0.4 is 14.8 Å². The van der Waals surface area contributed by atoms with Crippen molar-refractivity contribution < 1.29 is 9.47 Å². The molecule has 1 N–H and O–H groups in total. The van der Waals surface area contributed by atoms with E-state index in [1.807, 2.05) is 11.9 Å². The second-order valence-electron chi connectivity index (χ2n) is 9.25. The van der Waals surface area contributed by atoms with Crippen molar-refractivity contribution in [2.75, 3.05) is 26.4 Å². The van der Waals surface area contributed by atoms with Crippen LogP contribution in [-0.2, 0) is 13.0 Å². The van der Waals surface area contributed by atoms with Gasteiger partial charge in [-0.05, 0) is 96.4 Å². The first-order valence-corrected chi connectivity index (χ1v) is 13.5. The summed E-state index contributed by atoms with van der Waals surface area (Å²) in [5, 5.41) is 6.04. The highest BCUT2D eigenvalue weighted by Crippen LogP contribution is 2.37. The molecule has 1 atom stereocenters. The summed E-state index contributed by atoms with van der Waals surface area (Å²) in [7, 11) is 0. The molecule has 3 aromatic carbocycles. The quantitative estimate of drug-likeness (QED) is 0.210. The van der Waals surface area contributed by atoms with Crippen LogP contribution in [-0.4, -0.2) is 30.7 Å². The fourth-order valence-electron chi connectivity index (χ4n) is 4.56. The van der Waals surface area contributed by atoms with Crippen LogP contribution in [0, 0.1) is 5.92 Å². The SMILES string of the molecule is CCCc1cc2c(cc1CN(CC(C)CCCNCC)Sc1ccc3ccccc3c1)OCO2. The molecule has 0 aliphatic carbocycles. The molecule has 0 amide bonds. The Morgan fingerprint density at radius 1 is 0.971 bits per heavy atom. The van der Waals surface area contributed by atoms with E-state index < -0.39 is 0 Å². The van der Waals surface area contributed by atoms with E-state index in [1.54, 1.807) is 0 Å². The molecule has 5 heteroatoms.